The molecule has 0 radical (unpaired) electrons. The van der Waals surface area contributed by atoms with Crippen molar-refractivity contribution >= 4 is 32.6 Å². The number of anilines is 1. The standard InChI is InChI=1S/C20H23N3OS2/c1-3-21-15-13-16-7-9-17(10-8-16)23-26(2,24)20-12-11-19(25-20)18-6-4-5-14-22-18/h4-12,14,21H,2-3,13,15H2,1H3,(H,23,24). The maximum Gasteiger partial charge on any atom is 0.102 e. The van der Waals surface area contributed by atoms with Crippen molar-refractivity contribution < 1.29 is 4.21 Å². The third-order valence-corrected chi connectivity index (χ3v) is 7.21. The quantitative estimate of drug-likeness (QED) is 0.454. The Kier molecular flexibility index (Phi) is 6.08. The summed E-state index contributed by atoms with van der Waals surface area (Å²) in [5.74, 6) is 3.92. The Morgan fingerprint density at radius 3 is 2.62 bits per heavy atom. The highest BCUT2D eigenvalue weighted by atomic mass is 32.2. The Hall–Kier alpha value is -2.15. The van der Waals surface area contributed by atoms with Gasteiger partial charge in [0.25, 0.3) is 0 Å². The second-order valence-electron chi connectivity index (χ2n) is 5.91. The number of thiophene rings is 1. The van der Waals surface area contributed by atoms with Crippen LogP contribution in [0.5, 0.6) is 0 Å². The Morgan fingerprint density at radius 1 is 1.12 bits per heavy atom. The number of rotatable bonds is 8. The maximum absolute atomic E-state index is 13.1. The van der Waals surface area contributed by atoms with Crippen LogP contribution < -0.4 is 10.0 Å². The summed E-state index contributed by atoms with van der Waals surface area (Å²) in [6.45, 7) is 4.03. The fourth-order valence-electron chi connectivity index (χ4n) is 2.53. The fraction of sp³-hybridized carbons (Fsp3) is 0.200. The van der Waals surface area contributed by atoms with Gasteiger partial charge in [-0.15, -0.1) is 11.3 Å². The molecule has 3 rings (SSSR count). The molecule has 136 valence electrons. The summed E-state index contributed by atoms with van der Waals surface area (Å²) in [5.41, 5.74) is 2.94. The SMILES string of the molecule is C=S(=O)(Nc1ccc(CCNCC)cc1)c1ccc(-c2ccccn2)s1. The lowest BCUT2D eigenvalue weighted by atomic mass is 10.1. The molecule has 0 bridgehead atoms. The first kappa shape index (κ1) is 18.6. The normalized spacial score (nSPS) is 13.3. The number of nitrogens with one attached hydrogen (secondary N) is 2. The van der Waals surface area contributed by atoms with E-state index in [0.29, 0.717) is 0 Å². The first-order valence-corrected chi connectivity index (χ1v) is 11.1. The third-order valence-electron chi connectivity index (χ3n) is 3.90. The van der Waals surface area contributed by atoms with Crippen LogP contribution in [0.4, 0.5) is 5.69 Å². The molecule has 0 spiro atoms. The Morgan fingerprint density at radius 2 is 1.92 bits per heavy atom. The van der Waals surface area contributed by atoms with Gasteiger partial charge in [-0.1, -0.05) is 25.1 Å². The molecule has 6 heteroatoms. The van der Waals surface area contributed by atoms with E-state index >= 15 is 0 Å². The van der Waals surface area contributed by atoms with Crippen LogP contribution in [0.25, 0.3) is 10.6 Å². The number of hydrogen-bond donors (Lipinski definition) is 2. The van der Waals surface area contributed by atoms with E-state index in [1.165, 1.54) is 16.9 Å². The Balaban J connectivity index is 1.70. The average Bonchev–Trinajstić information content (AvgIpc) is 3.15. The summed E-state index contributed by atoms with van der Waals surface area (Å²) >= 11 is 1.46. The number of nitrogens with zero attached hydrogens (tertiary/aromatic N) is 1. The zero-order valence-electron chi connectivity index (χ0n) is 14.8. The summed E-state index contributed by atoms with van der Waals surface area (Å²) in [7, 11) is -2.61. The lowest BCUT2D eigenvalue weighted by Crippen LogP contribution is -2.16. The Labute approximate surface area is 159 Å². The van der Waals surface area contributed by atoms with Crippen LogP contribution in [-0.4, -0.2) is 28.2 Å². The van der Waals surface area contributed by atoms with Gasteiger partial charge in [0.1, 0.15) is 4.21 Å². The van der Waals surface area contributed by atoms with E-state index in [0.717, 1.165) is 40.0 Å². The van der Waals surface area contributed by atoms with Crippen molar-refractivity contribution in [2.75, 3.05) is 17.8 Å². The second-order valence-corrected chi connectivity index (χ2v) is 9.25. The number of benzene rings is 1. The van der Waals surface area contributed by atoms with Crippen LogP contribution in [0.1, 0.15) is 12.5 Å². The molecule has 2 N–H and O–H groups in total. The molecule has 3 aromatic rings. The van der Waals surface area contributed by atoms with Crippen molar-refractivity contribution in [1.29, 1.82) is 0 Å². The number of aromatic nitrogens is 1. The smallest absolute Gasteiger partial charge is 0.102 e. The molecule has 1 unspecified atom stereocenters. The van der Waals surface area contributed by atoms with E-state index in [1.807, 2.05) is 42.5 Å². The number of likely N-dealkylation sites (N-methyl/N-ethyl adjacent to an activating group) is 1. The molecule has 4 nitrogen and oxygen atoms in total. The van der Waals surface area contributed by atoms with Gasteiger partial charge in [-0.25, -0.2) is 4.21 Å². The molecule has 1 atom stereocenters. The molecule has 0 aliphatic rings. The lowest BCUT2D eigenvalue weighted by Gasteiger charge is -2.11. The van der Waals surface area contributed by atoms with E-state index in [-0.39, 0.29) is 0 Å². The van der Waals surface area contributed by atoms with Crippen LogP contribution in [0.2, 0.25) is 0 Å². The highest BCUT2D eigenvalue weighted by Crippen LogP contribution is 2.30. The van der Waals surface area contributed by atoms with Gasteiger partial charge < -0.3 is 10.0 Å². The minimum atomic E-state index is -2.61. The Bertz CT molecular complexity index is 933. The van der Waals surface area contributed by atoms with E-state index in [1.54, 1.807) is 6.20 Å². The molecular weight excluding hydrogens is 362 g/mol. The van der Waals surface area contributed by atoms with Gasteiger partial charge in [0.15, 0.2) is 0 Å². The topological polar surface area (TPSA) is 54.0 Å². The summed E-state index contributed by atoms with van der Waals surface area (Å²) < 4.78 is 16.9. The monoisotopic (exact) mass is 385 g/mol. The van der Waals surface area contributed by atoms with E-state index < -0.39 is 9.71 Å². The van der Waals surface area contributed by atoms with Crippen molar-refractivity contribution in [3.05, 3.63) is 66.4 Å². The van der Waals surface area contributed by atoms with Gasteiger partial charge >= 0.3 is 0 Å². The van der Waals surface area contributed by atoms with Gasteiger partial charge in [0, 0.05) is 11.9 Å². The van der Waals surface area contributed by atoms with Crippen LogP contribution in [0.3, 0.4) is 0 Å². The predicted molar refractivity (Wildman–Crippen MR) is 113 cm³/mol. The first-order chi connectivity index (χ1) is 12.6. The van der Waals surface area contributed by atoms with E-state index in [2.05, 4.69) is 39.9 Å². The van der Waals surface area contributed by atoms with Crippen molar-refractivity contribution in [3.63, 3.8) is 0 Å². The largest absolute Gasteiger partial charge is 0.317 e. The number of hydrogen-bond acceptors (Lipinski definition) is 4. The molecule has 2 aromatic heterocycles. The molecule has 2 heterocycles. The summed E-state index contributed by atoms with van der Waals surface area (Å²) in [6.07, 6.45) is 2.73. The van der Waals surface area contributed by atoms with E-state index in [9.17, 15) is 4.21 Å². The molecule has 0 aliphatic carbocycles. The van der Waals surface area contributed by atoms with Crippen molar-refractivity contribution in [2.24, 2.45) is 0 Å². The lowest BCUT2D eigenvalue weighted by molar-refractivity contribution is 0.686. The average molecular weight is 386 g/mol. The van der Waals surface area contributed by atoms with E-state index in [4.69, 9.17) is 0 Å². The molecule has 0 saturated carbocycles. The van der Waals surface area contributed by atoms with Crippen LogP contribution in [0, 0.1) is 0 Å². The predicted octanol–water partition coefficient (Wildman–Crippen LogP) is 4.06. The first-order valence-electron chi connectivity index (χ1n) is 8.54. The van der Waals surface area contributed by atoms with Gasteiger partial charge in [-0.2, -0.15) is 0 Å². The van der Waals surface area contributed by atoms with Gasteiger partial charge in [-0.3, -0.25) is 4.98 Å². The minimum Gasteiger partial charge on any atom is -0.317 e. The third kappa shape index (κ3) is 4.72. The van der Waals surface area contributed by atoms with Gasteiger partial charge in [0.05, 0.1) is 20.3 Å². The zero-order valence-corrected chi connectivity index (χ0v) is 16.4. The maximum atomic E-state index is 13.1. The fourth-order valence-corrected chi connectivity index (χ4v) is 5.09. The summed E-state index contributed by atoms with van der Waals surface area (Å²) in [6, 6.07) is 17.6. The number of pyridine rings is 1. The van der Waals surface area contributed by atoms with Gasteiger partial charge in [-0.05, 0) is 67.3 Å². The van der Waals surface area contributed by atoms with Crippen molar-refractivity contribution in [3.8, 4) is 10.6 Å². The van der Waals surface area contributed by atoms with Crippen LogP contribution in [-0.2, 0) is 16.1 Å². The van der Waals surface area contributed by atoms with Crippen molar-refractivity contribution in [1.82, 2.24) is 10.3 Å². The molecule has 0 aliphatic heterocycles. The van der Waals surface area contributed by atoms with Crippen LogP contribution >= 0.6 is 11.3 Å². The zero-order chi connectivity index (χ0) is 18.4. The molecule has 0 fully saturated rings. The van der Waals surface area contributed by atoms with Gasteiger partial charge in [0.2, 0.25) is 0 Å². The molecule has 0 saturated heterocycles. The highest BCUT2D eigenvalue weighted by Gasteiger charge is 2.12. The second kappa shape index (κ2) is 8.49. The van der Waals surface area contributed by atoms with Crippen molar-refractivity contribution in [2.45, 2.75) is 17.6 Å². The highest BCUT2D eigenvalue weighted by molar-refractivity contribution is 8.03. The molecule has 1 aromatic carbocycles. The van der Waals surface area contributed by atoms with Crippen LogP contribution in [0.15, 0.2) is 65.0 Å². The minimum absolute atomic E-state index is 0.717. The summed E-state index contributed by atoms with van der Waals surface area (Å²) in [4.78, 5) is 5.32. The molecule has 26 heavy (non-hydrogen) atoms. The summed E-state index contributed by atoms with van der Waals surface area (Å²) in [5, 5.41) is 3.31. The molecular formula is C20H23N3OS2. The molecule has 0 amide bonds.